The SMILES string of the molecule is O=CNc1ccccc1C(=O)OC1CCCC1. The van der Waals surface area contributed by atoms with Gasteiger partial charge in [0.25, 0.3) is 0 Å². The monoisotopic (exact) mass is 233 g/mol. The number of ether oxygens (including phenoxy) is 1. The molecule has 1 aliphatic carbocycles. The summed E-state index contributed by atoms with van der Waals surface area (Å²) in [6.45, 7) is 0. The Labute approximate surface area is 100.0 Å². The molecule has 1 aromatic rings. The molecule has 2 rings (SSSR count). The van der Waals surface area contributed by atoms with Crippen molar-refractivity contribution in [2.75, 3.05) is 5.32 Å². The zero-order valence-electron chi connectivity index (χ0n) is 9.52. The molecular weight excluding hydrogens is 218 g/mol. The highest BCUT2D eigenvalue weighted by atomic mass is 16.5. The van der Waals surface area contributed by atoms with Crippen molar-refractivity contribution in [3.05, 3.63) is 29.8 Å². The van der Waals surface area contributed by atoms with Gasteiger partial charge >= 0.3 is 5.97 Å². The van der Waals surface area contributed by atoms with Gasteiger partial charge in [0, 0.05) is 0 Å². The number of carbonyl (C=O) groups is 2. The van der Waals surface area contributed by atoms with Gasteiger partial charge in [-0.25, -0.2) is 4.79 Å². The molecule has 90 valence electrons. The number of benzene rings is 1. The summed E-state index contributed by atoms with van der Waals surface area (Å²) in [4.78, 5) is 22.3. The fourth-order valence-corrected chi connectivity index (χ4v) is 2.07. The van der Waals surface area contributed by atoms with E-state index >= 15 is 0 Å². The largest absolute Gasteiger partial charge is 0.459 e. The Morgan fingerprint density at radius 3 is 2.71 bits per heavy atom. The maximum atomic E-state index is 11.9. The zero-order valence-corrected chi connectivity index (χ0v) is 9.52. The first-order valence-corrected chi connectivity index (χ1v) is 5.81. The molecule has 4 nitrogen and oxygen atoms in total. The van der Waals surface area contributed by atoms with E-state index in [-0.39, 0.29) is 12.1 Å². The summed E-state index contributed by atoms with van der Waals surface area (Å²) in [6.07, 6.45) is 4.70. The highest BCUT2D eigenvalue weighted by molar-refractivity contribution is 5.97. The number of carbonyl (C=O) groups excluding carboxylic acids is 2. The van der Waals surface area contributed by atoms with Gasteiger partial charge in [-0.2, -0.15) is 0 Å². The highest BCUT2D eigenvalue weighted by Crippen LogP contribution is 2.23. The molecule has 1 aliphatic rings. The van der Waals surface area contributed by atoms with Crippen molar-refractivity contribution in [3.63, 3.8) is 0 Å². The van der Waals surface area contributed by atoms with E-state index in [0.29, 0.717) is 17.7 Å². The fourth-order valence-electron chi connectivity index (χ4n) is 2.07. The molecule has 1 fully saturated rings. The van der Waals surface area contributed by atoms with Crippen molar-refractivity contribution in [1.29, 1.82) is 0 Å². The van der Waals surface area contributed by atoms with Crippen LogP contribution in [0.3, 0.4) is 0 Å². The van der Waals surface area contributed by atoms with Crippen LogP contribution in [-0.4, -0.2) is 18.5 Å². The third-order valence-corrected chi connectivity index (χ3v) is 2.94. The van der Waals surface area contributed by atoms with E-state index in [2.05, 4.69) is 5.32 Å². The van der Waals surface area contributed by atoms with Crippen LogP contribution in [0, 0.1) is 0 Å². The molecule has 0 atom stereocenters. The summed E-state index contributed by atoms with van der Waals surface area (Å²) in [5, 5.41) is 2.50. The molecule has 0 unspecified atom stereocenters. The maximum absolute atomic E-state index is 11.9. The molecular formula is C13H15NO3. The number of esters is 1. The van der Waals surface area contributed by atoms with Gasteiger partial charge in [-0.05, 0) is 37.8 Å². The third-order valence-electron chi connectivity index (χ3n) is 2.94. The first-order chi connectivity index (χ1) is 8.31. The molecule has 1 saturated carbocycles. The fraction of sp³-hybridized carbons (Fsp3) is 0.385. The Balaban J connectivity index is 2.09. The van der Waals surface area contributed by atoms with E-state index in [1.807, 2.05) is 0 Å². The van der Waals surface area contributed by atoms with E-state index in [4.69, 9.17) is 4.74 Å². The third kappa shape index (κ3) is 2.84. The van der Waals surface area contributed by atoms with Crippen LogP contribution in [0.4, 0.5) is 5.69 Å². The smallest absolute Gasteiger partial charge is 0.340 e. The molecule has 1 N–H and O–H groups in total. The van der Waals surface area contributed by atoms with Crippen molar-refractivity contribution in [1.82, 2.24) is 0 Å². The van der Waals surface area contributed by atoms with Gasteiger partial charge < -0.3 is 10.1 Å². The molecule has 17 heavy (non-hydrogen) atoms. The minimum absolute atomic E-state index is 0.0341. The van der Waals surface area contributed by atoms with E-state index < -0.39 is 0 Å². The van der Waals surface area contributed by atoms with Gasteiger partial charge in [-0.15, -0.1) is 0 Å². The molecule has 0 saturated heterocycles. The Bertz CT molecular complexity index is 411. The number of para-hydroxylation sites is 1. The van der Waals surface area contributed by atoms with Crippen molar-refractivity contribution < 1.29 is 14.3 Å². The first-order valence-electron chi connectivity index (χ1n) is 5.81. The lowest BCUT2D eigenvalue weighted by Crippen LogP contribution is -2.16. The summed E-state index contributed by atoms with van der Waals surface area (Å²) in [5.41, 5.74) is 0.900. The second-order valence-electron chi connectivity index (χ2n) is 4.12. The Morgan fingerprint density at radius 1 is 1.29 bits per heavy atom. The summed E-state index contributed by atoms with van der Waals surface area (Å²) in [6, 6.07) is 6.85. The minimum Gasteiger partial charge on any atom is -0.459 e. The molecule has 4 heteroatoms. The maximum Gasteiger partial charge on any atom is 0.340 e. The molecule has 0 aromatic heterocycles. The second kappa shape index (κ2) is 5.48. The summed E-state index contributed by atoms with van der Waals surface area (Å²) < 4.78 is 5.39. The summed E-state index contributed by atoms with van der Waals surface area (Å²) >= 11 is 0. The van der Waals surface area contributed by atoms with Gasteiger partial charge in [0.05, 0.1) is 11.3 Å². The topological polar surface area (TPSA) is 55.4 Å². The van der Waals surface area contributed by atoms with Crippen molar-refractivity contribution >= 4 is 18.1 Å². The van der Waals surface area contributed by atoms with Crippen LogP contribution < -0.4 is 5.32 Å². The van der Waals surface area contributed by atoms with Gasteiger partial charge in [0.1, 0.15) is 6.10 Å². The number of amides is 1. The lowest BCUT2D eigenvalue weighted by atomic mass is 10.2. The van der Waals surface area contributed by atoms with Crippen LogP contribution in [-0.2, 0) is 9.53 Å². The van der Waals surface area contributed by atoms with Gasteiger partial charge in [-0.1, -0.05) is 12.1 Å². The molecule has 1 aromatic carbocycles. The van der Waals surface area contributed by atoms with Crippen LogP contribution in [0.1, 0.15) is 36.0 Å². The van der Waals surface area contributed by atoms with Crippen molar-refractivity contribution in [2.24, 2.45) is 0 Å². The second-order valence-corrected chi connectivity index (χ2v) is 4.12. The molecule has 0 bridgehead atoms. The van der Waals surface area contributed by atoms with Crippen LogP contribution >= 0.6 is 0 Å². The Hall–Kier alpha value is -1.84. The molecule has 0 radical (unpaired) electrons. The number of hydrogen-bond acceptors (Lipinski definition) is 3. The number of rotatable bonds is 4. The van der Waals surface area contributed by atoms with Gasteiger partial charge in [-0.3, -0.25) is 4.79 Å². The van der Waals surface area contributed by atoms with Crippen molar-refractivity contribution in [2.45, 2.75) is 31.8 Å². The highest BCUT2D eigenvalue weighted by Gasteiger charge is 2.21. The van der Waals surface area contributed by atoms with Gasteiger partial charge in [0.2, 0.25) is 6.41 Å². The van der Waals surface area contributed by atoms with E-state index in [9.17, 15) is 9.59 Å². The zero-order chi connectivity index (χ0) is 12.1. The minimum atomic E-state index is -0.359. The van der Waals surface area contributed by atoms with E-state index in [1.54, 1.807) is 24.3 Å². The van der Waals surface area contributed by atoms with Crippen molar-refractivity contribution in [3.8, 4) is 0 Å². The van der Waals surface area contributed by atoms with E-state index in [1.165, 1.54) is 0 Å². The molecule has 1 amide bonds. The summed E-state index contributed by atoms with van der Waals surface area (Å²) in [7, 11) is 0. The summed E-state index contributed by atoms with van der Waals surface area (Å²) in [5.74, 6) is -0.359. The van der Waals surface area contributed by atoms with E-state index in [0.717, 1.165) is 25.7 Å². The molecule has 0 spiro atoms. The average Bonchev–Trinajstić information content (AvgIpc) is 2.83. The van der Waals surface area contributed by atoms with Crippen LogP contribution in [0.5, 0.6) is 0 Å². The average molecular weight is 233 g/mol. The van der Waals surface area contributed by atoms with Crippen LogP contribution in [0.25, 0.3) is 0 Å². The molecule has 0 heterocycles. The van der Waals surface area contributed by atoms with Crippen LogP contribution in [0.15, 0.2) is 24.3 Å². The predicted octanol–water partition coefficient (Wildman–Crippen LogP) is 2.35. The lowest BCUT2D eigenvalue weighted by molar-refractivity contribution is -0.105. The van der Waals surface area contributed by atoms with Gasteiger partial charge in [0.15, 0.2) is 0 Å². The number of nitrogens with one attached hydrogen (secondary N) is 1. The number of hydrogen-bond donors (Lipinski definition) is 1. The standard InChI is InChI=1S/C13H15NO3/c15-9-14-12-8-4-3-7-11(12)13(16)17-10-5-1-2-6-10/h3-4,7-10H,1-2,5-6H2,(H,14,15). The number of anilines is 1. The first kappa shape index (κ1) is 11.6. The normalized spacial score (nSPS) is 15.5. The molecule has 0 aliphatic heterocycles. The van der Waals surface area contributed by atoms with Crippen LogP contribution in [0.2, 0.25) is 0 Å². The lowest BCUT2D eigenvalue weighted by Gasteiger charge is -2.13. The predicted molar refractivity (Wildman–Crippen MR) is 63.8 cm³/mol. The quantitative estimate of drug-likeness (QED) is 0.641. The Morgan fingerprint density at radius 2 is 2.00 bits per heavy atom. The Kier molecular flexibility index (Phi) is 3.75.